The van der Waals surface area contributed by atoms with Gasteiger partial charge in [0.15, 0.2) is 0 Å². The number of likely N-dealkylation sites (tertiary alicyclic amines) is 1. The van der Waals surface area contributed by atoms with Crippen LogP contribution in [0.25, 0.3) is 17.0 Å². The van der Waals surface area contributed by atoms with Crippen LogP contribution in [0.1, 0.15) is 42.6 Å². The average molecular weight is 296 g/mol. The molecule has 0 saturated carbocycles. The van der Waals surface area contributed by atoms with E-state index in [-0.39, 0.29) is 5.91 Å². The molecule has 22 heavy (non-hydrogen) atoms. The Morgan fingerprint density at radius 2 is 2.27 bits per heavy atom. The lowest BCUT2D eigenvalue weighted by atomic mass is 9.99. The van der Waals surface area contributed by atoms with Gasteiger partial charge in [-0.1, -0.05) is 31.7 Å². The zero-order chi connectivity index (χ0) is 15.7. The highest BCUT2D eigenvalue weighted by atomic mass is 16.2. The molecule has 1 aromatic carbocycles. The second-order valence-electron chi connectivity index (χ2n) is 6.31. The highest BCUT2D eigenvalue weighted by Gasteiger charge is 2.24. The highest BCUT2D eigenvalue weighted by Crippen LogP contribution is 2.26. The van der Waals surface area contributed by atoms with Crippen molar-refractivity contribution in [1.82, 2.24) is 9.47 Å². The molecule has 1 amide bonds. The van der Waals surface area contributed by atoms with E-state index in [2.05, 4.69) is 37.1 Å². The third kappa shape index (κ3) is 2.56. The summed E-state index contributed by atoms with van der Waals surface area (Å²) in [5.41, 5.74) is 3.04. The Bertz CT molecular complexity index is 714. The second-order valence-corrected chi connectivity index (χ2v) is 6.31. The fraction of sp³-hybridized carbons (Fsp3) is 0.421. The molecule has 1 atom stereocenters. The maximum absolute atomic E-state index is 12.9. The molecule has 1 aliphatic rings. The summed E-state index contributed by atoms with van der Waals surface area (Å²) >= 11 is 0. The van der Waals surface area contributed by atoms with Crippen LogP contribution in [-0.2, 0) is 6.54 Å². The van der Waals surface area contributed by atoms with Crippen LogP contribution in [0.5, 0.6) is 0 Å². The van der Waals surface area contributed by atoms with E-state index in [0.717, 1.165) is 48.1 Å². The lowest BCUT2D eigenvalue weighted by molar-refractivity contribution is 0.0685. The second kappa shape index (κ2) is 5.99. The minimum atomic E-state index is 0.176. The number of nitrogens with zero attached hydrogens (tertiary/aromatic N) is 2. The van der Waals surface area contributed by atoms with Crippen molar-refractivity contribution < 1.29 is 4.79 Å². The van der Waals surface area contributed by atoms with Gasteiger partial charge in [0.2, 0.25) is 0 Å². The molecule has 3 rings (SSSR count). The van der Waals surface area contributed by atoms with Crippen molar-refractivity contribution in [3.8, 4) is 0 Å². The summed E-state index contributed by atoms with van der Waals surface area (Å²) in [6, 6.07) is 6.20. The zero-order valence-corrected chi connectivity index (χ0v) is 13.5. The van der Waals surface area contributed by atoms with Crippen LogP contribution in [0.2, 0.25) is 0 Å². The molecule has 3 heteroatoms. The predicted octanol–water partition coefficient (Wildman–Crippen LogP) is 4.18. The Morgan fingerprint density at radius 1 is 1.45 bits per heavy atom. The molecule has 116 valence electrons. The molecule has 2 aromatic rings. The number of piperidine rings is 1. The molecule has 1 saturated heterocycles. The molecular weight excluding hydrogens is 272 g/mol. The summed E-state index contributed by atoms with van der Waals surface area (Å²) in [6.45, 7) is 10.8. The maximum Gasteiger partial charge on any atom is 0.256 e. The minimum absolute atomic E-state index is 0.176. The van der Waals surface area contributed by atoms with Crippen molar-refractivity contribution in [2.24, 2.45) is 5.92 Å². The molecule has 0 bridgehead atoms. The number of hydrogen-bond donors (Lipinski definition) is 0. The molecule has 2 heterocycles. The van der Waals surface area contributed by atoms with Gasteiger partial charge in [0.05, 0.1) is 5.56 Å². The summed E-state index contributed by atoms with van der Waals surface area (Å²) in [4.78, 5) is 15.0. The Labute approximate surface area is 132 Å². The third-order valence-corrected chi connectivity index (χ3v) is 4.66. The Morgan fingerprint density at radius 3 is 2.95 bits per heavy atom. The smallest absolute Gasteiger partial charge is 0.256 e. The molecule has 1 unspecified atom stereocenters. The number of carbonyl (C=O) groups excluding carboxylic acids is 1. The van der Waals surface area contributed by atoms with Gasteiger partial charge in [-0.3, -0.25) is 4.79 Å². The van der Waals surface area contributed by atoms with E-state index in [0.29, 0.717) is 5.92 Å². The van der Waals surface area contributed by atoms with E-state index in [1.165, 1.54) is 6.42 Å². The molecule has 0 radical (unpaired) electrons. The predicted molar refractivity (Wildman–Crippen MR) is 92.0 cm³/mol. The summed E-state index contributed by atoms with van der Waals surface area (Å²) in [5.74, 6) is 0.777. The van der Waals surface area contributed by atoms with Crippen LogP contribution in [0, 0.1) is 5.92 Å². The first kappa shape index (κ1) is 14.9. The Kier molecular flexibility index (Phi) is 4.06. The molecule has 0 aliphatic carbocycles. The van der Waals surface area contributed by atoms with Gasteiger partial charge in [-0.2, -0.15) is 0 Å². The van der Waals surface area contributed by atoms with Crippen LogP contribution >= 0.6 is 0 Å². The molecule has 1 aromatic heterocycles. The Hall–Kier alpha value is -2.03. The van der Waals surface area contributed by atoms with Gasteiger partial charge in [0, 0.05) is 36.7 Å². The van der Waals surface area contributed by atoms with Gasteiger partial charge in [0.25, 0.3) is 5.91 Å². The first-order valence-corrected chi connectivity index (χ1v) is 8.18. The molecule has 1 fully saturated rings. The van der Waals surface area contributed by atoms with Gasteiger partial charge < -0.3 is 9.47 Å². The van der Waals surface area contributed by atoms with Crippen molar-refractivity contribution in [2.45, 2.75) is 33.2 Å². The molecule has 1 aliphatic heterocycles. The number of hydrogen-bond acceptors (Lipinski definition) is 1. The van der Waals surface area contributed by atoms with Crippen molar-refractivity contribution in [2.75, 3.05) is 13.1 Å². The number of rotatable bonds is 3. The van der Waals surface area contributed by atoms with E-state index in [9.17, 15) is 4.79 Å². The number of benzene rings is 1. The van der Waals surface area contributed by atoms with E-state index >= 15 is 0 Å². The minimum Gasteiger partial charge on any atom is -0.347 e. The standard InChI is InChI=1S/C19H24N2O/c1-4-15-8-9-16-17(13-20(5-2)18(16)11-15)19(22)21-10-6-7-14(3)12-21/h4,8-9,11,13-14H,1,5-7,10,12H2,2-3H3. The first-order chi connectivity index (χ1) is 10.6. The highest BCUT2D eigenvalue weighted by molar-refractivity contribution is 6.07. The molecule has 3 nitrogen and oxygen atoms in total. The van der Waals surface area contributed by atoms with E-state index in [4.69, 9.17) is 0 Å². The van der Waals surface area contributed by atoms with Crippen molar-refractivity contribution in [3.63, 3.8) is 0 Å². The van der Waals surface area contributed by atoms with Gasteiger partial charge in [0.1, 0.15) is 0 Å². The van der Waals surface area contributed by atoms with Gasteiger partial charge in [-0.25, -0.2) is 0 Å². The lowest BCUT2D eigenvalue weighted by Crippen LogP contribution is -2.39. The maximum atomic E-state index is 12.9. The summed E-state index contributed by atoms with van der Waals surface area (Å²) in [6.07, 6.45) is 6.20. The molecule has 0 N–H and O–H groups in total. The quantitative estimate of drug-likeness (QED) is 0.834. The summed E-state index contributed by atoms with van der Waals surface area (Å²) in [5, 5.41) is 1.05. The SMILES string of the molecule is C=Cc1ccc2c(C(=O)N3CCCC(C)C3)cn(CC)c2c1. The van der Waals surface area contributed by atoms with Crippen molar-refractivity contribution in [3.05, 3.63) is 42.1 Å². The van der Waals surface area contributed by atoms with Crippen LogP contribution in [0.4, 0.5) is 0 Å². The summed E-state index contributed by atoms with van der Waals surface area (Å²) in [7, 11) is 0. The number of amides is 1. The normalized spacial score (nSPS) is 18.6. The fourth-order valence-electron chi connectivity index (χ4n) is 3.41. The van der Waals surface area contributed by atoms with E-state index in [1.807, 2.05) is 23.2 Å². The number of carbonyl (C=O) groups is 1. The number of aryl methyl sites for hydroxylation is 1. The monoisotopic (exact) mass is 296 g/mol. The van der Waals surface area contributed by atoms with Gasteiger partial charge in [-0.05, 0) is 37.3 Å². The van der Waals surface area contributed by atoms with Gasteiger partial charge in [-0.15, -0.1) is 0 Å². The molecular formula is C19H24N2O. The fourth-order valence-corrected chi connectivity index (χ4v) is 3.41. The Balaban J connectivity index is 2.03. The number of fused-ring (bicyclic) bond motifs is 1. The first-order valence-electron chi connectivity index (χ1n) is 8.18. The third-order valence-electron chi connectivity index (χ3n) is 4.66. The van der Waals surface area contributed by atoms with Crippen LogP contribution in [0.15, 0.2) is 31.0 Å². The topological polar surface area (TPSA) is 25.2 Å². The lowest BCUT2D eigenvalue weighted by Gasteiger charge is -2.30. The van der Waals surface area contributed by atoms with Crippen LogP contribution < -0.4 is 0 Å². The average Bonchev–Trinajstić information content (AvgIpc) is 2.91. The zero-order valence-electron chi connectivity index (χ0n) is 13.5. The molecule has 0 spiro atoms. The number of aromatic nitrogens is 1. The van der Waals surface area contributed by atoms with Gasteiger partial charge >= 0.3 is 0 Å². The van der Waals surface area contributed by atoms with Crippen LogP contribution in [0.3, 0.4) is 0 Å². The van der Waals surface area contributed by atoms with Crippen LogP contribution in [-0.4, -0.2) is 28.5 Å². The van der Waals surface area contributed by atoms with E-state index < -0.39 is 0 Å². The van der Waals surface area contributed by atoms with Crippen molar-refractivity contribution in [1.29, 1.82) is 0 Å². The largest absolute Gasteiger partial charge is 0.347 e. The van der Waals surface area contributed by atoms with E-state index in [1.54, 1.807) is 0 Å². The summed E-state index contributed by atoms with van der Waals surface area (Å²) < 4.78 is 2.16. The van der Waals surface area contributed by atoms with Crippen molar-refractivity contribution >= 4 is 22.9 Å².